The number of aliphatic hydroxyl groups is 1. The van der Waals surface area contributed by atoms with E-state index in [1.54, 1.807) is 17.2 Å². The van der Waals surface area contributed by atoms with E-state index in [2.05, 4.69) is 26.6 Å². The molecular weight excluding hydrogens is 502 g/mol. The second-order valence-corrected chi connectivity index (χ2v) is 10.4. The lowest BCUT2D eigenvalue weighted by Gasteiger charge is -2.54. The monoisotopic (exact) mass is 532 g/mol. The number of carbonyl (C=O) groups is 1. The number of urea groups is 1. The van der Waals surface area contributed by atoms with Crippen LogP contribution in [0.3, 0.4) is 0 Å². The van der Waals surface area contributed by atoms with Gasteiger partial charge in [0.25, 0.3) is 0 Å². The van der Waals surface area contributed by atoms with Crippen molar-refractivity contribution in [3.63, 3.8) is 0 Å². The van der Waals surface area contributed by atoms with Crippen molar-refractivity contribution in [2.24, 2.45) is 11.8 Å². The third-order valence-electron chi connectivity index (χ3n) is 7.66. The molecule has 2 amide bonds. The number of fused-ring (bicyclic) bond motifs is 2. The van der Waals surface area contributed by atoms with Gasteiger partial charge in [-0.3, -0.25) is 4.98 Å². The standard InChI is InChI=1S/C29H30F2N6O2/c1-33-12-18-3-5-26(20(7-18)11-32)19-4-6-27(34-13-19)29(39)21-14-36(2)15-22(29)17-37(16-21)28(38)35-25-9-23(30)8-24(31)10-25/h3-10,13,21-22,33,39H,12,14-17H2,1-2H3,(H,35,38)/t21-,22+,29-. The van der Waals surface area contributed by atoms with Gasteiger partial charge >= 0.3 is 6.03 Å². The van der Waals surface area contributed by atoms with Gasteiger partial charge in [-0.2, -0.15) is 5.26 Å². The Labute approximate surface area is 225 Å². The van der Waals surface area contributed by atoms with Crippen LogP contribution in [0.25, 0.3) is 11.1 Å². The smallest absolute Gasteiger partial charge is 0.321 e. The van der Waals surface area contributed by atoms with Crippen LogP contribution < -0.4 is 10.6 Å². The van der Waals surface area contributed by atoms with Crippen LogP contribution in [0.5, 0.6) is 0 Å². The number of piperidine rings is 2. The fourth-order valence-electron chi connectivity index (χ4n) is 5.89. The van der Waals surface area contributed by atoms with Gasteiger partial charge in [-0.25, -0.2) is 13.6 Å². The van der Waals surface area contributed by atoms with E-state index in [9.17, 15) is 23.9 Å². The van der Waals surface area contributed by atoms with Gasteiger partial charge in [-0.1, -0.05) is 18.2 Å². The molecule has 39 heavy (non-hydrogen) atoms. The number of aromatic nitrogens is 1. The number of pyridine rings is 1. The van der Waals surface area contributed by atoms with Gasteiger partial charge in [0.15, 0.2) is 0 Å². The molecule has 2 aromatic carbocycles. The fraction of sp³-hybridized carbons (Fsp3) is 0.345. The minimum Gasteiger partial charge on any atom is -0.383 e. The first kappa shape index (κ1) is 26.7. The van der Waals surface area contributed by atoms with Gasteiger partial charge in [-0.05, 0) is 43.9 Å². The zero-order chi connectivity index (χ0) is 27.7. The van der Waals surface area contributed by atoms with Crippen molar-refractivity contribution in [1.29, 1.82) is 5.26 Å². The van der Waals surface area contributed by atoms with Crippen molar-refractivity contribution >= 4 is 11.7 Å². The number of hydrogen-bond donors (Lipinski definition) is 3. The summed E-state index contributed by atoms with van der Waals surface area (Å²) in [4.78, 5) is 21.4. The number of anilines is 1. The predicted octanol–water partition coefficient (Wildman–Crippen LogP) is 3.53. The quantitative estimate of drug-likeness (QED) is 0.465. The molecule has 5 rings (SSSR count). The van der Waals surface area contributed by atoms with Gasteiger partial charge in [0.05, 0.1) is 17.3 Å². The van der Waals surface area contributed by atoms with Crippen molar-refractivity contribution < 1.29 is 18.7 Å². The van der Waals surface area contributed by atoms with Crippen molar-refractivity contribution in [1.82, 2.24) is 20.1 Å². The Morgan fingerprint density at radius 2 is 1.79 bits per heavy atom. The van der Waals surface area contributed by atoms with E-state index in [4.69, 9.17) is 0 Å². The van der Waals surface area contributed by atoms with Gasteiger partial charge in [0.1, 0.15) is 17.2 Å². The van der Waals surface area contributed by atoms with E-state index in [0.717, 1.165) is 34.9 Å². The summed E-state index contributed by atoms with van der Waals surface area (Å²) in [5.41, 5.74) is 2.39. The number of likely N-dealkylation sites (tertiary alicyclic amines) is 2. The Morgan fingerprint density at radius 1 is 1.10 bits per heavy atom. The van der Waals surface area contributed by atoms with Gasteiger partial charge in [0, 0.05) is 73.6 Å². The van der Waals surface area contributed by atoms with E-state index in [-0.39, 0.29) is 30.6 Å². The fourth-order valence-corrected chi connectivity index (χ4v) is 5.89. The third-order valence-corrected chi connectivity index (χ3v) is 7.66. The molecule has 0 unspecified atom stereocenters. The summed E-state index contributed by atoms with van der Waals surface area (Å²) in [5.74, 6) is -2.22. The number of hydrogen-bond acceptors (Lipinski definition) is 6. The minimum absolute atomic E-state index is 0.0357. The molecule has 1 aromatic heterocycles. The Kier molecular flexibility index (Phi) is 7.32. The number of carbonyl (C=O) groups excluding carboxylic acids is 1. The molecule has 0 aliphatic carbocycles. The number of halogens is 2. The Bertz CT molecular complexity index is 1390. The van der Waals surface area contributed by atoms with Crippen LogP contribution in [-0.4, -0.2) is 66.2 Å². The second-order valence-electron chi connectivity index (χ2n) is 10.4. The molecular formula is C29H30F2N6O2. The Hall–Kier alpha value is -3.91. The summed E-state index contributed by atoms with van der Waals surface area (Å²) >= 11 is 0. The molecule has 3 N–H and O–H groups in total. The van der Waals surface area contributed by atoms with E-state index in [1.807, 2.05) is 38.4 Å². The molecule has 3 aromatic rings. The molecule has 2 aliphatic rings. The lowest BCUT2D eigenvalue weighted by atomic mass is 9.68. The summed E-state index contributed by atoms with van der Waals surface area (Å²) in [7, 11) is 3.82. The Morgan fingerprint density at radius 3 is 2.38 bits per heavy atom. The zero-order valence-corrected chi connectivity index (χ0v) is 21.8. The summed E-state index contributed by atoms with van der Waals surface area (Å²) in [5, 5.41) is 27.4. The average Bonchev–Trinajstić information content (AvgIpc) is 2.89. The van der Waals surface area contributed by atoms with Crippen LogP contribution >= 0.6 is 0 Å². The normalized spacial score (nSPS) is 22.8. The molecule has 3 heterocycles. The summed E-state index contributed by atoms with van der Waals surface area (Å²) < 4.78 is 27.2. The van der Waals surface area contributed by atoms with Crippen LogP contribution in [0, 0.1) is 34.8 Å². The molecule has 0 saturated carbocycles. The second kappa shape index (κ2) is 10.7. The number of benzene rings is 2. The number of amides is 2. The molecule has 0 spiro atoms. The van der Waals surface area contributed by atoms with Crippen molar-refractivity contribution in [2.75, 3.05) is 45.6 Å². The SMILES string of the molecule is CNCc1ccc(-c2ccc([C@@]3(O)[C@@H]4CN(C)C[C@H]3CN(C(=O)Nc3cc(F)cc(F)c3)C4)nc2)c(C#N)c1. The minimum atomic E-state index is -1.26. The molecule has 2 fully saturated rings. The van der Waals surface area contributed by atoms with Gasteiger partial charge in [-0.15, -0.1) is 0 Å². The van der Waals surface area contributed by atoms with E-state index < -0.39 is 23.3 Å². The highest BCUT2D eigenvalue weighted by molar-refractivity contribution is 5.89. The molecule has 2 aliphatic heterocycles. The van der Waals surface area contributed by atoms with Gasteiger partial charge in [0.2, 0.25) is 0 Å². The molecule has 2 saturated heterocycles. The van der Waals surface area contributed by atoms with E-state index >= 15 is 0 Å². The topological polar surface area (TPSA) is 105 Å². The zero-order valence-electron chi connectivity index (χ0n) is 21.8. The summed E-state index contributed by atoms with van der Waals surface area (Å²) in [6, 6.07) is 14.0. The summed E-state index contributed by atoms with van der Waals surface area (Å²) in [6.07, 6.45) is 1.68. The average molecular weight is 533 g/mol. The first-order valence-electron chi connectivity index (χ1n) is 12.8. The van der Waals surface area contributed by atoms with Crippen LogP contribution in [0.1, 0.15) is 16.8 Å². The molecule has 8 nitrogen and oxygen atoms in total. The maximum Gasteiger partial charge on any atom is 0.321 e. The van der Waals surface area contributed by atoms with Crippen LogP contribution in [0.4, 0.5) is 19.3 Å². The number of nitrogens with one attached hydrogen (secondary N) is 2. The highest BCUT2D eigenvalue weighted by Gasteiger charge is 2.54. The maximum absolute atomic E-state index is 13.6. The highest BCUT2D eigenvalue weighted by Crippen LogP contribution is 2.44. The summed E-state index contributed by atoms with van der Waals surface area (Å²) in [6.45, 7) is 2.23. The van der Waals surface area contributed by atoms with Crippen LogP contribution in [0.15, 0.2) is 54.7 Å². The number of nitriles is 1. The first-order valence-corrected chi connectivity index (χ1v) is 12.8. The van der Waals surface area contributed by atoms with Crippen LogP contribution in [0.2, 0.25) is 0 Å². The molecule has 10 heteroatoms. The van der Waals surface area contributed by atoms with E-state index in [1.165, 1.54) is 0 Å². The Balaban J connectivity index is 1.38. The van der Waals surface area contributed by atoms with E-state index in [0.29, 0.717) is 30.9 Å². The van der Waals surface area contributed by atoms with Crippen molar-refractivity contribution in [2.45, 2.75) is 12.1 Å². The largest absolute Gasteiger partial charge is 0.383 e. The molecule has 202 valence electrons. The lowest BCUT2D eigenvalue weighted by molar-refractivity contribution is -0.155. The van der Waals surface area contributed by atoms with Crippen LogP contribution in [-0.2, 0) is 12.1 Å². The first-order chi connectivity index (χ1) is 18.7. The number of rotatable bonds is 5. The molecule has 2 bridgehead atoms. The van der Waals surface area contributed by atoms with Crippen molar-refractivity contribution in [3.8, 4) is 17.2 Å². The third kappa shape index (κ3) is 5.21. The lowest BCUT2D eigenvalue weighted by Crippen LogP contribution is -2.66. The van der Waals surface area contributed by atoms with Crippen molar-refractivity contribution in [3.05, 3.63) is 83.2 Å². The number of nitrogens with zero attached hydrogens (tertiary/aromatic N) is 4. The highest BCUT2D eigenvalue weighted by atomic mass is 19.1. The predicted molar refractivity (Wildman–Crippen MR) is 142 cm³/mol. The maximum atomic E-state index is 13.6. The van der Waals surface area contributed by atoms with Gasteiger partial charge < -0.3 is 25.5 Å². The molecule has 0 radical (unpaired) electrons. The molecule has 3 atom stereocenters.